The van der Waals surface area contributed by atoms with Crippen molar-refractivity contribution in [3.8, 4) is 0 Å². The Bertz CT molecular complexity index is 535. The van der Waals surface area contributed by atoms with E-state index in [0.717, 1.165) is 12.3 Å². The summed E-state index contributed by atoms with van der Waals surface area (Å²) in [4.78, 5) is 29.4. The lowest BCUT2D eigenvalue weighted by molar-refractivity contribution is -0.127. The van der Waals surface area contributed by atoms with E-state index in [4.69, 9.17) is 0 Å². The number of nitrogens with one attached hydrogen (secondary N) is 2. The first-order valence-corrected chi connectivity index (χ1v) is 6.52. The fourth-order valence-corrected chi connectivity index (χ4v) is 2.13. The van der Waals surface area contributed by atoms with E-state index in [1.165, 1.54) is 4.90 Å². The molecule has 1 aromatic heterocycles. The Labute approximate surface area is 116 Å². The molecule has 0 aromatic carbocycles. The van der Waals surface area contributed by atoms with Crippen LogP contribution in [0.15, 0.2) is 12.3 Å². The maximum Gasteiger partial charge on any atom is 0.258 e. The highest BCUT2D eigenvalue weighted by Crippen LogP contribution is 2.18. The van der Waals surface area contributed by atoms with Crippen LogP contribution in [-0.4, -0.2) is 47.4 Å². The van der Waals surface area contributed by atoms with Gasteiger partial charge in [0.25, 0.3) is 5.91 Å². The van der Waals surface area contributed by atoms with Gasteiger partial charge in [-0.1, -0.05) is 0 Å². The molecule has 1 unspecified atom stereocenters. The molecule has 0 bridgehead atoms. The highest BCUT2D eigenvalue weighted by atomic mass is 19.1. The van der Waals surface area contributed by atoms with Gasteiger partial charge in [0.15, 0.2) is 0 Å². The maximum atomic E-state index is 13.3. The first-order chi connectivity index (χ1) is 9.54. The monoisotopic (exact) mass is 280 g/mol. The molecule has 1 saturated heterocycles. The highest BCUT2D eigenvalue weighted by molar-refractivity contribution is 6.01. The van der Waals surface area contributed by atoms with E-state index in [1.807, 2.05) is 6.92 Å². The molecule has 0 radical (unpaired) electrons. The summed E-state index contributed by atoms with van der Waals surface area (Å²) in [6, 6.07) is 0.570. The first kappa shape index (κ1) is 14.2. The Morgan fingerprint density at radius 1 is 1.65 bits per heavy atom. The molecule has 0 spiro atoms. The van der Waals surface area contributed by atoms with Gasteiger partial charge in [0.1, 0.15) is 17.7 Å². The van der Waals surface area contributed by atoms with Crippen LogP contribution in [-0.2, 0) is 4.79 Å². The van der Waals surface area contributed by atoms with Crippen molar-refractivity contribution in [1.29, 1.82) is 0 Å². The largest absolute Gasteiger partial charge is 0.370 e. The van der Waals surface area contributed by atoms with Crippen LogP contribution in [0.5, 0.6) is 0 Å². The SMILES string of the molecule is CCNc1ncc(F)cc1C(=O)N1CCNC(=O)C1C. The van der Waals surface area contributed by atoms with Crippen molar-refractivity contribution in [3.63, 3.8) is 0 Å². The molecular formula is C13H17FN4O2. The number of nitrogens with zero attached hydrogens (tertiary/aromatic N) is 2. The van der Waals surface area contributed by atoms with Gasteiger partial charge in [0.2, 0.25) is 5.91 Å². The predicted molar refractivity (Wildman–Crippen MR) is 71.9 cm³/mol. The zero-order valence-corrected chi connectivity index (χ0v) is 11.4. The molecule has 6 nitrogen and oxygen atoms in total. The van der Waals surface area contributed by atoms with Gasteiger partial charge in [0.05, 0.1) is 11.8 Å². The summed E-state index contributed by atoms with van der Waals surface area (Å²) in [5, 5.41) is 5.60. The number of carbonyl (C=O) groups excluding carboxylic acids is 2. The minimum Gasteiger partial charge on any atom is -0.370 e. The second kappa shape index (κ2) is 5.85. The molecule has 2 amide bonds. The Balaban J connectivity index is 2.32. The van der Waals surface area contributed by atoms with Gasteiger partial charge in [-0.25, -0.2) is 9.37 Å². The van der Waals surface area contributed by atoms with Crippen molar-refractivity contribution in [2.45, 2.75) is 19.9 Å². The Morgan fingerprint density at radius 2 is 2.40 bits per heavy atom. The fourth-order valence-electron chi connectivity index (χ4n) is 2.13. The third kappa shape index (κ3) is 2.71. The quantitative estimate of drug-likeness (QED) is 0.851. The van der Waals surface area contributed by atoms with Gasteiger partial charge in [-0.15, -0.1) is 0 Å². The van der Waals surface area contributed by atoms with Crippen molar-refractivity contribution in [1.82, 2.24) is 15.2 Å². The van der Waals surface area contributed by atoms with Crippen molar-refractivity contribution >= 4 is 17.6 Å². The normalized spacial score (nSPS) is 18.6. The second-order valence-electron chi connectivity index (χ2n) is 4.55. The van der Waals surface area contributed by atoms with E-state index in [2.05, 4.69) is 15.6 Å². The molecule has 2 N–H and O–H groups in total. The average Bonchev–Trinajstić information content (AvgIpc) is 2.43. The molecule has 0 saturated carbocycles. The summed E-state index contributed by atoms with van der Waals surface area (Å²) in [6.07, 6.45) is 1.06. The summed E-state index contributed by atoms with van der Waals surface area (Å²) in [5.74, 6) is -0.851. The molecule has 1 fully saturated rings. The molecule has 20 heavy (non-hydrogen) atoms. The van der Waals surface area contributed by atoms with E-state index in [0.29, 0.717) is 25.5 Å². The van der Waals surface area contributed by atoms with Crippen LogP contribution in [0.25, 0.3) is 0 Å². The molecule has 1 atom stereocenters. The Kier molecular flexibility index (Phi) is 4.16. The molecule has 0 aliphatic carbocycles. The van der Waals surface area contributed by atoms with Crippen LogP contribution >= 0.6 is 0 Å². The predicted octanol–water partition coefficient (Wildman–Crippen LogP) is 0.613. The molecule has 1 aromatic rings. The highest BCUT2D eigenvalue weighted by Gasteiger charge is 2.31. The molecule has 7 heteroatoms. The topological polar surface area (TPSA) is 74.3 Å². The lowest BCUT2D eigenvalue weighted by atomic mass is 10.1. The average molecular weight is 280 g/mol. The molecular weight excluding hydrogens is 263 g/mol. The number of carbonyl (C=O) groups is 2. The van der Waals surface area contributed by atoms with Crippen molar-refractivity contribution in [2.24, 2.45) is 0 Å². The number of halogens is 1. The minimum atomic E-state index is -0.580. The second-order valence-corrected chi connectivity index (χ2v) is 4.55. The number of anilines is 1. The molecule has 2 heterocycles. The van der Waals surface area contributed by atoms with Crippen LogP contribution in [0.3, 0.4) is 0 Å². The summed E-state index contributed by atoms with van der Waals surface area (Å²) >= 11 is 0. The standard InChI is InChI=1S/C13H17FN4O2/c1-3-15-11-10(6-9(14)7-17-11)13(20)18-5-4-16-12(19)8(18)2/h6-8H,3-5H2,1-2H3,(H,15,17)(H,16,19). The van der Waals surface area contributed by atoms with Crippen LogP contribution in [0, 0.1) is 5.82 Å². The number of hydrogen-bond acceptors (Lipinski definition) is 4. The minimum absolute atomic E-state index is 0.147. The van der Waals surface area contributed by atoms with E-state index in [-0.39, 0.29) is 11.5 Å². The lowest BCUT2D eigenvalue weighted by Crippen LogP contribution is -2.55. The van der Waals surface area contributed by atoms with E-state index in [1.54, 1.807) is 6.92 Å². The van der Waals surface area contributed by atoms with Crippen LogP contribution < -0.4 is 10.6 Å². The van der Waals surface area contributed by atoms with Gasteiger partial charge < -0.3 is 15.5 Å². The zero-order chi connectivity index (χ0) is 14.7. The van der Waals surface area contributed by atoms with Gasteiger partial charge in [-0.05, 0) is 19.9 Å². The maximum absolute atomic E-state index is 13.3. The molecule has 108 valence electrons. The molecule has 1 aliphatic rings. The summed E-state index contributed by atoms with van der Waals surface area (Å²) in [6.45, 7) is 4.86. The number of hydrogen-bond donors (Lipinski definition) is 2. The third-order valence-electron chi connectivity index (χ3n) is 3.19. The number of pyridine rings is 1. The molecule has 2 rings (SSSR count). The fraction of sp³-hybridized carbons (Fsp3) is 0.462. The van der Waals surface area contributed by atoms with Crippen molar-refractivity contribution < 1.29 is 14.0 Å². The summed E-state index contributed by atoms with van der Waals surface area (Å²) < 4.78 is 13.3. The van der Waals surface area contributed by atoms with Crippen LogP contribution in [0.2, 0.25) is 0 Å². The smallest absolute Gasteiger partial charge is 0.258 e. The number of amides is 2. The van der Waals surface area contributed by atoms with Crippen LogP contribution in [0.4, 0.5) is 10.2 Å². The van der Waals surface area contributed by atoms with Gasteiger partial charge in [-0.3, -0.25) is 9.59 Å². The zero-order valence-electron chi connectivity index (χ0n) is 11.4. The van der Waals surface area contributed by atoms with Gasteiger partial charge >= 0.3 is 0 Å². The first-order valence-electron chi connectivity index (χ1n) is 6.52. The number of rotatable bonds is 3. The van der Waals surface area contributed by atoms with E-state index >= 15 is 0 Å². The lowest BCUT2D eigenvalue weighted by Gasteiger charge is -2.33. The number of aromatic nitrogens is 1. The van der Waals surface area contributed by atoms with Crippen molar-refractivity contribution in [2.75, 3.05) is 25.0 Å². The van der Waals surface area contributed by atoms with Gasteiger partial charge in [-0.2, -0.15) is 0 Å². The van der Waals surface area contributed by atoms with E-state index < -0.39 is 17.8 Å². The van der Waals surface area contributed by atoms with Crippen molar-refractivity contribution in [3.05, 3.63) is 23.6 Å². The summed E-state index contributed by atoms with van der Waals surface area (Å²) in [7, 11) is 0. The number of piperazine rings is 1. The molecule has 1 aliphatic heterocycles. The van der Waals surface area contributed by atoms with E-state index in [9.17, 15) is 14.0 Å². The third-order valence-corrected chi connectivity index (χ3v) is 3.19. The van der Waals surface area contributed by atoms with Crippen LogP contribution in [0.1, 0.15) is 24.2 Å². The van der Waals surface area contributed by atoms with Gasteiger partial charge in [0, 0.05) is 19.6 Å². The Morgan fingerprint density at radius 3 is 3.10 bits per heavy atom. The summed E-state index contributed by atoms with van der Waals surface area (Å²) in [5.41, 5.74) is 0.147. The Hall–Kier alpha value is -2.18.